The summed E-state index contributed by atoms with van der Waals surface area (Å²) in [6, 6.07) is 24.3. The second kappa shape index (κ2) is 11.5. The lowest BCUT2D eigenvalue weighted by Crippen LogP contribution is -2.39. The van der Waals surface area contributed by atoms with Crippen molar-refractivity contribution in [3.63, 3.8) is 0 Å². The number of hydrogen-bond donors (Lipinski definition) is 0. The summed E-state index contributed by atoms with van der Waals surface area (Å²) in [7, 11) is 0. The maximum Gasteiger partial charge on any atom is 0.338 e. The third kappa shape index (κ3) is 5.22. The minimum atomic E-state index is -0.952. The maximum atomic E-state index is 14.0. The summed E-state index contributed by atoms with van der Waals surface area (Å²) in [6.45, 7) is 1.86. The molecule has 43 heavy (non-hydrogen) atoms. The molecule has 6 rings (SSSR count). The maximum absolute atomic E-state index is 14.0. The Hall–Kier alpha value is -5.42. The van der Waals surface area contributed by atoms with E-state index >= 15 is 0 Å². The van der Waals surface area contributed by atoms with Gasteiger partial charge in [0, 0.05) is 23.3 Å². The molecule has 2 aromatic heterocycles. The van der Waals surface area contributed by atoms with E-state index < -0.39 is 28.4 Å². The number of nitro benzene ring substituents is 1. The fraction of sp³-hybridized carbons (Fsp3) is 0.0938. The van der Waals surface area contributed by atoms with E-state index in [1.54, 1.807) is 25.1 Å². The van der Waals surface area contributed by atoms with Crippen molar-refractivity contribution in [1.82, 2.24) is 4.57 Å². The Morgan fingerprint density at radius 2 is 1.79 bits per heavy atom. The molecule has 0 spiro atoms. The summed E-state index contributed by atoms with van der Waals surface area (Å²) in [5, 5.41) is 11.2. The lowest BCUT2D eigenvalue weighted by atomic mass is 9.93. The molecule has 0 bridgehead atoms. The molecule has 1 atom stereocenters. The molecular formula is C32H22FN3O6S. The van der Waals surface area contributed by atoms with E-state index in [-0.39, 0.29) is 23.5 Å². The van der Waals surface area contributed by atoms with Crippen LogP contribution in [0.2, 0.25) is 0 Å². The molecule has 0 aliphatic carbocycles. The molecule has 0 radical (unpaired) electrons. The number of furan rings is 1. The standard InChI is InChI=1S/C32H22FN3O6S/c1-2-41-31(38)27-28(19-9-5-3-6-10-19)34-32-35(29(27)20-11-7-4-8-12-20)30(37)26(43-32)18-22-14-16-25(42-22)21-13-15-23(33)24(17-21)36(39)40/h3-18,29H,2H2,1H3/b26-18-/t29-/m1/s1. The van der Waals surface area contributed by atoms with Crippen molar-refractivity contribution >= 4 is 34.8 Å². The summed E-state index contributed by atoms with van der Waals surface area (Å²) >= 11 is 1.14. The number of rotatable bonds is 7. The van der Waals surface area contributed by atoms with E-state index in [0.29, 0.717) is 37.5 Å². The molecule has 11 heteroatoms. The molecule has 3 heterocycles. The van der Waals surface area contributed by atoms with Crippen LogP contribution < -0.4 is 14.9 Å². The monoisotopic (exact) mass is 595 g/mol. The average molecular weight is 596 g/mol. The highest BCUT2D eigenvalue weighted by molar-refractivity contribution is 7.07. The second-order valence-corrected chi connectivity index (χ2v) is 10.5. The Kier molecular flexibility index (Phi) is 7.39. The van der Waals surface area contributed by atoms with E-state index in [1.165, 1.54) is 10.6 Å². The van der Waals surface area contributed by atoms with Crippen LogP contribution in [0, 0.1) is 15.9 Å². The van der Waals surface area contributed by atoms with Gasteiger partial charge in [-0.05, 0) is 36.8 Å². The van der Waals surface area contributed by atoms with Crippen molar-refractivity contribution in [2.24, 2.45) is 4.99 Å². The Labute approximate surface area is 247 Å². The van der Waals surface area contributed by atoms with Crippen LogP contribution in [0.3, 0.4) is 0 Å². The summed E-state index contributed by atoms with van der Waals surface area (Å²) in [4.78, 5) is 43.0. The minimum absolute atomic E-state index is 0.147. The molecule has 0 saturated heterocycles. The predicted molar refractivity (Wildman–Crippen MR) is 158 cm³/mol. The number of esters is 1. The molecule has 9 nitrogen and oxygen atoms in total. The summed E-state index contributed by atoms with van der Waals surface area (Å²) in [6.07, 6.45) is 1.55. The number of nitro groups is 1. The smallest absolute Gasteiger partial charge is 0.338 e. The molecule has 1 aliphatic heterocycles. The van der Waals surface area contributed by atoms with Gasteiger partial charge in [-0.2, -0.15) is 4.39 Å². The first kappa shape index (κ1) is 27.7. The second-order valence-electron chi connectivity index (χ2n) is 9.47. The lowest BCUT2D eigenvalue weighted by molar-refractivity contribution is -0.387. The van der Waals surface area contributed by atoms with Gasteiger partial charge in [0.25, 0.3) is 5.56 Å². The van der Waals surface area contributed by atoms with Gasteiger partial charge < -0.3 is 9.15 Å². The molecule has 0 saturated carbocycles. The Balaban J connectivity index is 1.52. The molecule has 0 unspecified atom stereocenters. The van der Waals surface area contributed by atoms with Gasteiger partial charge in [-0.1, -0.05) is 72.0 Å². The summed E-state index contributed by atoms with van der Waals surface area (Å²) < 4.78 is 27.0. The Morgan fingerprint density at radius 3 is 2.49 bits per heavy atom. The number of thiazole rings is 1. The molecule has 1 aliphatic rings. The number of carbonyl (C=O) groups is 1. The van der Waals surface area contributed by atoms with Crippen molar-refractivity contribution in [3.05, 3.63) is 149 Å². The van der Waals surface area contributed by atoms with Crippen molar-refractivity contribution < 1.29 is 23.3 Å². The topological polar surface area (TPSA) is 117 Å². The number of fused-ring (bicyclic) bond motifs is 1. The van der Waals surface area contributed by atoms with E-state index in [9.17, 15) is 24.1 Å². The van der Waals surface area contributed by atoms with Crippen LogP contribution in [0.15, 0.2) is 111 Å². The number of carbonyl (C=O) groups excluding carboxylic acids is 1. The first-order valence-corrected chi connectivity index (χ1v) is 14.0. The van der Waals surface area contributed by atoms with E-state index in [1.807, 2.05) is 60.7 Å². The number of hydrogen-bond acceptors (Lipinski definition) is 8. The van der Waals surface area contributed by atoms with Gasteiger partial charge in [-0.3, -0.25) is 19.5 Å². The zero-order valence-corrected chi connectivity index (χ0v) is 23.4. The van der Waals surface area contributed by atoms with E-state index in [4.69, 9.17) is 14.1 Å². The highest BCUT2D eigenvalue weighted by Gasteiger charge is 2.35. The van der Waals surface area contributed by atoms with Crippen LogP contribution in [0.25, 0.3) is 23.1 Å². The van der Waals surface area contributed by atoms with Gasteiger partial charge in [-0.25, -0.2) is 9.79 Å². The quantitative estimate of drug-likeness (QED) is 0.144. The van der Waals surface area contributed by atoms with Crippen LogP contribution in [0.5, 0.6) is 0 Å². The minimum Gasteiger partial charge on any atom is -0.463 e. The van der Waals surface area contributed by atoms with Crippen LogP contribution in [0.1, 0.15) is 29.9 Å². The number of ether oxygens (including phenoxy) is 1. The molecule has 0 fully saturated rings. The normalized spacial score (nSPS) is 14.7. The number of aromatic nitrogens is 1. The van der Waals surface area contributed by atoms with Crippen LogP contribution in [0.4, 0.5) is 10.1 Å². The Morgan fingerprint density at radius 1 is 1.07 bits per heavy atom. The number of halogens is 1. The number of nitrogens with zero attached hydrogens (tertiary/aromatic N) is 3. The van der Waals surface area contributed by atoms with E-state index in [0.717, 1.165) is 23.5 Å². The molecule has 0 amide bonds. The molecule has 5 aromatic rings. The first-order chi connectivity index (χ1) is 20.9. The highest BCUT2D eigenvalue weighted by Crippen LogP contribution is 2.35. The van der Waals surface area contributed by atoms with Crippen molar-refractivity contribution in [2.45, 2.75) is 13.0 Å². The van der Waals surface area contributed by atoms with Crippen molar-refractivity contribution in [3.8, 4) is 11.3 Å². The van der Waals surface area contributed by atoms with Gasteiger partial charge in [0.05, 0.1) is 33.4 Å². The molecular weight excluding hydrogens is 573 g/mol. The third-order valence-electron chi connectivity index (χ3n) is 6.82. The third-order valence-corrected chi connectivity index (χ3v) is 7.80. The lowest BCUT2D eigenvalue weighted by Gasteiger charge is -2.25. The fourth-order valence-corrected chi connectivity index (χ4v) is 5.89. The predicted octanol–water partition coefficient (Wildman–Crippen LogP) is 5.24. The summed E-state index contributed by atoms with van der Waals surface area (Å²) in [5.74, 6) is -0.958. The Bertz CT molecular complexity index is 2080. The van der Waals surface area contributed by atoms with E-state index in [2.05, 4.69) is 0 Å². The average Bonchev–Trinajstić information content (AvgIpc) is 3.61. The highest BCUT2D eigenvalue weighted by atomic mass is 32.1. The number of benzene rings is 3. The SMILES string of the molecule is CCOC(=O)C1=C(c2ccccc2)N=c2s/c(=C\c3ccc(-c4ccc(F)c([N+](=O)[O-])c4)o3)c(=O)n2[C@@H]1c1ccccc1. The largest absolute Gasteiger partial charge is 0.463 e. The van der Waals surface area contributed by atoms with Crippen molar-refractivity contribution in [1.29, 1.82) is 0 Å². The van der Waals surface area contributed by atoms with Gasteiger partial charge in [-0.15, -0.1) is 0 Å². The van der Waals surface area contributed by atoms with Gasteiger partial charge in [0.2, 0.25) is 5.82 Å². The first-order valence-electron chi connectivity index (χ1n) is 13.2. The van der Waals surface area contributed by atoms with Gasteiger partial charge in [0.15, 0.2) is 4.80 Å². The fourth-order valence-electron chi connectivity index (χ4n) is 4.91. The molecule has 3 aromatic carbocycles. The van der Waals surface area contributed by atoms with Gasteiger partial charge >= 0.3 is 11.7 Å². The van der Waals surface area contributed by atoms with Gasteiger partial charge in [0.1, 0.15) is 11.5 Å². The molecule has 214 valence electrons. The zero-order valence-electron chi connectivity index (χ0n) is 22.6. The zero-order chi connectivity index (χ0) is 30.1. The van der Waals surface area contributed by atoms with Crippen LogP contribution in [-0.2, 0) is 9.53 Å². The van der Waals surface area contributed by atoms with Crippen LogP contribution >= 0.6 is 11.3 Å². The van der Waals surface area contributed by atoms with Crippen LogP contribution in [-0.4, -0.2) is 22.1 Å². The molecule has 0 N–H and O–H groups in total. The van der Waals surface area contributed by atoms with Crippen molar-refractivity contribution in [2.75, 3.05) is 6.61 Å². The summed E-state index contributed by atoms with van der Waals surface area (Å²) in [5.41, 5.74) is 1.33.